The van der Waals surface area contributed by atoms with Gasteiger partial charge in [-0.25, -0.2) is 4.98 Å². The van der Waals surface area contributed by atoms with Crippen LogP contribution in [-0.2, 0) is 5.41 Å². The molecule has 2 aromatic rings. The molecule has 4 aliphatic rings. The zero-order valence-corrected chi connectivity index (χ0v) is 17.3. The third kappa shape index (κ3) is 3.10. The van der Waals surface area contributed by atoms with Crippen LogP contribution in [-0.4, -0.2) is 21.9 Å². The molecule has 4 aliphatic carbocycles. The first kappa shape index (κ1) is 18.9. The van der Waals surface area contributed by atoms with Crippen molar-refractivity contribution < 1.29 is 4.79 Å². The van der Waals surface area contributed by atoms with Gasteiger partial charge in [-0.3, -0.25) is 9.59 Å². The summed E-state index contributed by atoms with van der Waals surface area (Å²) in [6.45, 7) is 2.12. The van der Waals surface area contributed by atoms with Crippen molar-refractivity contribution in [2.45, 2.75) is 56.9 Å². The van der Waals surface area contributed by atoms with Gasteiger partial charge in [-0.2, -0.15) is 0 Å². The van der Waals surface area contributed by atoms with Crippen molar-refractivity contribution in [3.05, 3.63) is 63.3 Å². The molecule has 4 fully saturated rings. The third-order valence-electron chi connectivity index (χ3n) is 7.79. The van der Waals surface area contributed by atoms with Crippen molar-refractivity contribution in [3.63, 3.8) is 0 Å². The Balaban J connectivity index is 1.44. The minimum atomic E-state index is -0.396. The number of nitrogens with one attached hydrogen (secondary N) is 2. The summed E-state index contributed by atoms with van der Waals surface area (Å²) < 4.78 is 0. The first-order valence-electron chi connectivity index (χ1n) is 10.5. The minimum Gasteiger partial charge on any atom is -0.349 e. The van der Waals surface area contributed by atoms with Gasteiger partial charge in [-0.05, 0) is 85.8 Å². The molecule has 5 nitrogen and oxygen atoms in total. The molecule has 3 atom stereocenters. The predicted molar refractivity (Wildman–Crippen MR) is 112 cm³/mol. The lowest BCUT2D eigenvalue weighted by Gasteiger charge is -2.64. The van der Waals surface area contributed by atoms with Crippen LogP contribution in [0.5, 0.6) is 0 Å². The monoisotopic (exact) mass is 411 g/mol. The van der Waals surface area contributed by atoms with E-state index in [1.54, 1.807) is 0 Å². The van der Waals surface area contributed by atoms with E-state index in [0.717, 1.165) is 24.3 Å². The van der Waals surface area contributed by atoms with E-state index in [-0.39, 0.29) is 28.3 Å². The Bertz CT molecular complexity index is 986. The summed E-state index contributed by atoms with van der Waals surface area (Å²) in [6.07, 6.45) is 9.81. The second kappa shape index (κ2) is 6.69. The number of amides is 1. The highest BCUT2D eigenvalue weighted by molar-refractivity contribution is 6.30. The normalized spacial score (nSPS) is 33.4. The summed E-state index contributed by atoms with van der Waals surface area (Å²) in [7, 11) is 0. The number of hydrogen-bond acceptors (Lipinski definition) is 3. The summed E-state index contributed by atoms with van der Waals surface area (Å²) >= 11 is 6.14. The first-order valence-corrected chi connectivity index (χ1v) is 10.9. The maximum atomic E-state index is 12.8. The Morgan fingerprint density at radius 3 is 2.55 bits per heavy atom. The fourth-order valence-corrected chi connectivity index (χ4v) is 7.04. The average Bonchev–Trinajstić information content (AvgIpc) is 2.67. The van der Waals surface area contributed by atoms with E-state index in [9.17, 15) is 9.59 Å². The molecule has 0 radical (unpaired) electrons. The minimum absolute atomic E-state index is 0.00665. The molecule has 1 heterocycles. The highest BCUT2D eigenvalue weighted by Gasteiger charge is 2.59. The summed E-state index contributed by atoms with van der Waals surface area (Å²) in [6, 6.07) is 8.40. The van der Waals surface area contributed by atoms with Crippen molar-refractivity contribution >= 4 is 17.5 Å². The van der Waals surface area contributed by atoms with Gasteiger partial charge in [0, 0.05) is 17.3 Å². The van der Waals surface area contributed by atoms with Crippen LogP contribution in [0.25, 0.3) is 0 Å². The second-order valence-electron chi connectivity index (χ2n) is 9.60. The van der Waals surface area contributed by atoms with Gasteiger partial charge < -0.3 is 10.3 Å². The van der Waals surface area contributed by atoms with E-state index < -0.39 is 5.56 Å². The Morgan fingerprint density at radius 2 is 1.90 bits per heavy atom. The lowest BCUT2D eigenvalue weighted by molar-refractivity contribution is -0.0865. The number of halogens is 1. The van der Waals surface area contributed by atoms with Crippen LogP contribution in [0.4, 0.5) is 0 Å². The number of aromatic amines is 1. The van der Waals surface area contributed by atoms with E-state index in [4.69, 9.17) is 11.6 Å². The molecule has 4 saturated carbocycles. The predicted octanol–water partition coefficient (Wildman–Crippen LogP) is 4.08. The molecule has 6 rings (SSSR count). The summed E-state index contributed by atoms with van der Waals surface area (Å²) in [5.41, 5.74) is 1.33. The molecular weight excluding hydrogens is 386 g/mol. The molecule has 4 bridgehead atoms. The molecule has 6 heteroatoms. The molecule has 2 N–H and O–H groups in total. The number of rotatable bonds is 4. The molecule has 1 aromatic carbocycles. The van der Waals surface area contributed by atoms with E-state index in [2.05, 4.69) is 34.3 Å². The number of H-pyrrole nitrogens is 1. The topological polar surface area (TPSA) is 74.8 Å². The Kier molecular flexibility index (Phi) is 4.35. The maximum absolute atomic E-state index is 12.8. The quantitative estimate of drug-likeness (QED) is 0.795. The highest BCUT2D eigenvalue weighted by Crippen LogP contribution is 2.66. The Morgan fingerprint density at radius 1 is 1.21 bits per heavy atom. The number of nitrogens with zero attached hydrogens (tertiary/aromatic N) is 1. The van der Waals surface area contributed by atoms with E-state index >= 15 is 0 Å². The highest BCUT2D eigenvalue weighted by atomic mass is 35.5. The van der Waals surface area contributed by atoms with Crippen molar-refractivity contribution in [3.8, 4) is 0 Å². The van der Waals surface area contributed by atoms with Crippen molar-refractivity contribution in [1.29, 1.82) is 0 Å². The van der Waals surface area contributed by atoms with Gasteiger partial charge in [0.25, 0.3) is 11.5 Å². The molecule has 1 aromatic heterocycles. The van der Waals surface area contributed by atoms with Gasteiger partial charge in [-0.15, -0.1) is 0 Å². The summed E-state index contributed by atoms with van der Waals surface area (Å²) in [5.74, 6) is 1.07. The maximum Gasteiger partial charge on any atom is 0.263 e. The molecule has 3 unspecified atom stereocenters. The Hall–Kier alpha value is -2.14. The summed E-state index contributed by atoms with van der Waals surface area (Å²) in [5, 5.41) is 3.93. The number of aromatic nitrogens is 2. The van der Waals surface area contributed by atoms with E-state index in [1.807, 2.05) is 12.1 Å². The Labute approximate surface area is 175 Å². The largest absolute Gasteiger partial charge is 0.349 e. The number of carbonyl (C=O) groups excluding carboxylic acids is 1. The van der Waals surface area contributed by atoms with Crippen molar-refractivity contribution in [2.24, 2.45) is 17.3 Å². The van der Waals surface area contributed by atoms with Gasteiger partial charge in [0.2, 0.25) is 0 Å². The number of benzene rings is 1. The van der Waals surface area contributed by atoms with Crippen LogP contribution >= 0.6 is 11.6 Å². The molecule has 0 spiro atoms. The van der Waals surface area contributed by atoms with Crippen LogP contribution in [0.15, 0.2) is 41.6 Å². The van der Waals surface area contributed by atoms with Gasteiger partial charge in [0.15, 0.2) is 0 Å². The fourth-order valence-electron chi connectivity index (χ4n) is 6.91. The van der Waals surface area contributed by atoms with E-state index in [1.165, 1.54) is 37.4 Å². The van der Waals surface area contributed by atoms with Crippen molar-refractivity contribution in [2.75, 3.05) is 0 Å². The zero-order valence-electron chi connectivity index (χ0n) is 16.6. The standard InChI is InChI=1S/C23H26ClN3O2/c1-14(27-21(29)19-11-25-13-26-20(19)28)22-7-15-6-16(8-22)10-23(9-15,12-22)17-2-4-18(24)5-3-17/h2-5,11,13-16H,6-10,12H2,1H3,(H,27,29)(H,25,26,28). The third-order valence-corrected chi connectivity index (χ3v) is 8.04. The fraction of sp³-hybridized carbons (Fsp3) is 0.522. The van der Waals surface area contributed by atoms with Crippen LogP contribution < -0.4 is 10.9 Å². The number of carbonyl (C=O) groups is 1. The zero-order chi connectivity index (χ0) is 20.2. The average molecular weight is 412 g/mol. The van der Waals surface area contributed by atoms with Crippen LogP contribution in [0.1, 0.15) is 61.4 Å². The van der Waals surface area contributed by atoms with Crippen LogP contribution in [0.3, 0.4) is 0 Å². The van der Waals surface area contributed by atoms with Gasteiger partial charge in [-0.1, -0.05) is 23.7 Å². The molecule has 152 valence electrons. The SMILES string of the molecule is CC(NC(=O)c1cnc[nH]c1=O)C12CC3CC(CC(c4ccc(Cl)cc4)(C3)C1)C2. The molecule has 0 aliphatic heterocycles. The molecule has 29 heavy (non-hydrogen) atoms. The van der Waals surface area contributed by atoms with Gasteiger partial charge >= 0.3 is 0 Å². The lowest BCUT2D eigenvalue weighted by atomic mass is 9.41. The van der Waals surface area contributed by atoms with Crippen LogP contribution in [0, 0.1) is 17.3 Å². The first-order chi connectivity index (χ1) is 13.9. The van der Waals surface area contributed by atoms with Crippen LogP contribution in [0.2, 0.25) is 5.02 Å². The number of hydrogen-bond donors (Lipinski definition) is 2. The smallest absolute Gasteiger partial charge is 0.263 e. The molecule has 0 saturated heterocycles. The van der Waals surface area contributed by atoms with Crippen molar-refractivity contribution in [1.82, 2.24) is 15.3 Å². The summed E-state index contributed by atoms with van der Waals surface area (Å²) in [4.78, 5) is 31.1. The molecular formula is C23H26ClN3O2. The van der Waals surface area contributed by atoms with E-state index in [0.29, 0.717) is 11.8 Å². The van der Waals surface area contributed by atoms with Gasteiger partial charge in [0.1, 0.15) is 5.56 Å². The van der Waals surface area contributed by atoms with Gasteiger partial charge in [0.05, 0.1) is 6.33 Å². The molecule has 1 amide bonds. The lowest BCUT2D eigenvalue weighted by Crippen LogP contribution is -2.60. The second-order valence-corrected chi connectivity index (χ2v) is 10.0.